The van der Waals surface area contributed by atoms with Gasteiger partial charge >= 0.3 is 5.97 Å². The lowest BCUT2D eigenvalue weighted by atomic mass is 10.2. The average molecular weight is 319 g/mol. The highest BCUT2D eigenvalue weighted by molar-refractivity contribution is 5.87. The highest BCUT2D eigenvalue weighted by atomic mass is 17.2. The lowest BCUT2D eigenvalue weighted by Gasteiger charge is -2.17. The van der Waals surface area contributed by atoms with Gasteiger partial charge in [-0.05, 0) is 12.1 Å². The summed E-state index contributed by atoms with van der Waals surface area (Å²) in [7, 11) is 0. The second-order valence-corrected chi connectivity index (χ2v) is 3.57. The molecule has 0 heterocycles. The quantitative estimate of drug-likeness (QED) is 0.419. The molecular formula is C13H21NO8. The van der Waals surface area contributed by atoms with Gasteiger partial charge in [-0.3, -0.25) is 0 Å². The van der Waals surface area contributed by atoms with E-state index < -0.39 is 5.97 Å². The number of aliphatic hydroxyl groups is 3. The van der Waals surface area contributed by atoms with Gasteiger partial charge in [0.2, 0.25) is 0 Å². The highest BCUT2D eigenvalue weighted by Gasteiger charge is 2.05. The summed E-state index contributed by atoms with van der Waals surface area (Å²) in [6.45, 7) is -0.505. The monoisotopic (exact) mass is 319 g/mol. The summed E-state index contributed by atoms with van der Waals surface area (Å²) in [5.74, 6) is -0.879. The molecule has 1 aromatic carbocycles. The van der Waals surface area contributed by atoms with E-state index in [0.717, 1.165) is 0 Å². The molecular weight excluding hydrogens is 298 g/mol. The molecule has 1 rings (SSSR count). The molecule has 9 heteroatoms. The van der Waals surface area contributed by atoms with Gasteiger partial charge in [0.1, 0.15) is 0 Å². The molecule has 0 saturated heterocycles. The van der Waals surface area contributed by atoms with Crippen molar-refractivity contribution in [1.29, 1.82) is 0 Å². The molecule has 0 unspecified atom stereocenters. The van der Waals surface area contributed by atoms with E-state index in [9.17, 15) is 4.79 Å². The number of hydrogen-bond donors (Lipinski definition) is 4. The maximum absolute atomic E-state index is 10.2. The number of aromatic carboxylic acids is 1. The van der Waals surface area contributed by atoms with Crippen LogP contribution in [0.15, 0.2) is 30.3 Å². The summed E-state index contributed by atoms with van der Waals surface area (Å²) in [6, 6.07) is 8.30. The van der Waals surface area contributed by atoms with Gasteiger partial charge in [-0.15, -0.1) is 0 Å². The van der Waals surface area contributed by atoms with Crippen molar-refractivity contribution in [2.45, 2.75) is 0 Å². The van der Waals surface area contributed by atoms with Crippen molar-refractivity contribution in [1.82, 2.24) is 5.39 Å². The number of carboxylic acids is 1. The van der Waals surface area contributed by atoms with Crippen LogP contribution in [0.25, 0.3) is 0 Å². The molecule has 9 nitrogen and oxygen atoms in total. The third-order valence-corrected chi connectivity index (χ3v) is 1.88. The summed E-state index contributed by atoms with van der Waals surface area (Å²) in [5, 5.41) is 34.3. The number of carboxylic acid groups (broad SMARTS) is 1. The summed E-state index contributed by atoms with van der Waals surface area (Å²) in [5.41, 5.74) is 0.331. The Hall–Kier alpha value is -1.59. The predicted molar refractivity (Wildman–Crippen MR) is 74.4 cm³/mol. The lowest BCUT2D eigenvalue weighted by Crippen LogP contribution is -2.28. The second-order valence-electron chi connectivity index (χ2n) is 3.57. The number of benzene rings is 1. The Morgan fingerprint density at radius 3 is 1.55 bits per heavy atom. The van der Waals surface area contributed by atoms with E-state index in [1.54, 1.807) is 30.3 Å². The number of rotatable bonds is 10. The lowest BCUT2D eigenvalue weighted by molar-refractivity contribution is -0.527. The zero-order chi connectivity index (χ0) is 16.6. The first kappa shape index (κ1) is 20.4. The van der Waals surface area contributed by atoms with Crippen LogP contribution < -0.4 is 0 Å². The molecule has 1 aromatic rings. The SMILES string of the molecule is O=C(O)c1ccccc1.OCCON(OCCO)OCCO. The Morgan fingerprint density at radius 1 is 0.864 bits per heavy atom. The average Bonchev–Trinajstić information content (AvgIpc) is 2.55. The molecule has 126 valence electrons. The minimum Gasteiger partial charge on any atom is -0.478 e. The molecule has 0 amide bonds. The van der Waals surface area contributed by atoms with E-state index in [2.05, 4.69) is 0 Å². The third-order valence-electron chi connectivity index (χ3n) is 1.88. The van der Waals surface area contributed by atoms with Crippen LogP contribution in [-0.4, -0.2) is 71.4 Å². The molecule has 0 aliphatic heterocycles. The van der Waals surface area contributed by atoms with Gasteiger partial charge in [0.15, 0.2) is 0 Å². The second kappa shape index (κ2) is 14.4. The number of hydrogen-bond acceptors (Lipinski definition) is 8. The van der Waals surface area contributed by atoms with E-state index in [1.165, 1.54) is 0 Å². The molecule has 0 fully saturated rings. The molecule has 0 radical (unpaired) electrons. The first-order valence-corrected chi connectivity index (χ1v) is 6.45. The first-order valence-electron chi connectivity index (χ1n) is 6.45. The summed E-state index contributed by atoms with van der Waals surface area (Å²) < 4.78 is 0. The van der Waals surface area contributed by atoms with Gasteiger partial charge in [0, 0.05) is 0 Å². The van der Waals surface area contributed by atoms with Crippen molar-refractivity contribution in [3.05, 3.63) is 35.9 Å². The summed E-state index contributed by atoms with van der Waals surface area (Å²) in [6.07, 6.45) is 0. The predicted octanol–water partition coefficient (Wildman–Crippen LogP) is -0.555. The van der Waals surface area contributed by atoms with Crippen LogP contribution in [0.2, 0.25) is 0 Å². The van der Waals surface area contributed by atoms with Crippen molar-refractivity contribution in [3.8, 4) is 0 Å². The van der Waals surface area contributed by atoms with Gasteiger partial charge in [-0.2, -0.15) is 0 Å². The van der Waals surface area contributed by atoms with E-state index in [4.69, 9.17) is 34.9 Å². The van der Waals surface area contributed by atoms with Crippen molar-refractivity contribution < 1.29 is 39.7 Å². The van der Waals surface area contributed by atoms with E-state index in [1.807, 2.05) is 0 Å². The van der Waals surface area contributed by atoms with Crippen LogP contribution in [0.4, 0.5) is 0 Å². The molecule has 0 aliphatic carbocycles. The largest absolute Gasteiger partial charge is 0.478 e. The zero-order valence-corrected chi connectivity index (χ0v) is 12.0. The molecule has 0 spiro atoms. The molecule has 0 bridgehead atoms. The Morgan fingerprint density at radius 2 is 1.27 bits per heavy atom. The smallest absolute Gasteiger partial charge is 0.335 e. The Bertz CT molecular complexity index is 357. The van der Waals surface area contributed by atoms with Crippen LogP contribution in [0.1, 0.15) is 10.4 Å². The van der Waals surface area contributed by atoms with Crippen LogP contribution >= 0.6 is 0 Å². The molecule has 0 atom stereocenters. The van der Waals surface area contributed by atoms with Crippen LogP contribution in [0, 0.1) is 0 Å². The molecule has 22 heavy (non-hydrogen) atoms. The van der Waals surface area contributed by atoms with Gasteiger partial charge in [-0.1, -0.05) is 18.2 Å². The highest BCUT2D eigenvalue weighted by Crippen LogP contribution is 1.96. The number of aliphatic hydroxyl groups excluding tert-OH is 3. The maximum atomic E-state index is 10.2. The standard InChI is InChI=1S/C7H6O2.C6H15NO6/c8-7(9)6-4-2-1-3-5-6;8-1-4-11-7(12-5-2-9)13-6-3-10/h1-5H,(H,8,9);8-10H,1-6H2. The number of carbonyl (C=O) groups is 1. The van der Waals surface area contributed by atoms with Crippen LogP contribution in [-0.2, 0) is 14.5 Å². The van der Waals surface area contributed by atoms with Gasteiger partial charge in [0.05, 0.1) is 50.6 Å². The van der Waals surface area contributed by atoms with Crippen molar-refractivity contribution in [3.63, 3.8) is 0 Å². The fourth-order valence-corrected chi connectivity index (χ4v) is 1.04. The fourth-order valence-electron chi connectivity index (χ4n) is 1.04. The van der Waals surface area contributed by atoms with Crippen molar-refractivity contribution in [2.24, 2.45) is 0 Å². The molecule has 0 saturated carbocycles. The zero-order valence-electron chi connectivity index (χ0n) is 12.0. The van der Waals surface area contributed by atoms with E-state index in [-0.39, 0.29) is 39.6 Å². The molecule has 0 aromatic heterocycles. The molecule has 4 N–H and O–H groups in total. The summed E-state index contributed by atoms with van der Waals surface area (Å²) in [4.78, 5) is 24.3. The Kier molecular flexibility index (Phi) is 13.3. The normalized spacial score (nSPS) is 10.2. The first-order chi connectivity index (χ1) is 10.7. The van der Waals surface area contributed by atoms with Gasteiger partial charge in [0.25, 0.3) is 0 Å². The Balaban J connectivity index is 0.000000425. The minimum atomic E-state index is -0.879. The Labute approximate surface area is 127 Å². The summed E-state index contributed by atoms with van der Waals surface area (Å²) >= 11 is 0. The number of nitrogens with zero attached hydrogens (tertiary/aromatic N) is 1. The van der Waals surface area contributed by atoms with E-state index >= 15 is 0 Å². The van der Waals surface area contributed by atoms with Crippen LogP contribution in [0.5, 0.6) is 0 Å². The fraction of sp³-hybridized carbons (Fsp3) is 0.462. The van der Waals surface area contributed by atoms with Crippen molar-refractivity contribution >= 4 is 5.97 Å². The van der Waals surface area contributed by atoms with Gasteiger partial charge in [-0.25, -0.2) is 19.3 Å². The van der Waals surface area contributed by atoms with Crippen molar-refractivity contribution in [2.75, 3.05) is 39.6 Å². The minimum absolute atomic E-state index is 0.0108. The van der Waals surface area contributed by atoms with Gasteiger partial charge < -0.3 is 20.4 Å². The third kappa shape index (κ3) is 11.1. The molecule has 0 aliphatic rings. The topological polar surface area (TPSA) is 129 Å². The van der Waals surface area contributed by atoms with Crippen LogP contribution in [0.3, 0.4) is 0 Å². The maximum Gasteiger partial charge on any atom is 0.335 e. The van der Waals surface area contributed by atoms with E-state index in [0.29, 0.717) is 11.0 Å².